The fourth-order valence-corrected chi connectivity index (χ4v) is 1.99. The predicted octanol–water partition coefficient (Wildman–Crippen LogP) is 5.03. The summed E-state index contributed by atoms with van der Waals surface area (Å²) in [6.07, 6.45) is 0.510. The van der Waals surface area contributed by atoms with Gasteiger partial charge in [-0.3, -0.25) is 4.79 Å². The molecule has 0 atom stereocenters. The molecule has 0 N–H and O–H groups in total. The van der Waals surface area contributed by atoms with Gasteiger partial charge in [-0.2, -0.15) is 0 Å². The van der Waals surface area contributed by atoms with Crippen LogP contribution in [-0.2, 0) is 0 Å². The maximum atomic E-state index is 11.5. The van der Waals surface area contributed by atoms with E-state index in [4.69, 9.17) is 16.3 Å². The molecule has 2 aromatic carbocycles. The summed E-state index contributed by atoms with van der Waals surface area (Å²) in [5.74, 6) is 1.60. The zero-order valence-corrected chi connectivity index (χ0v) is 11.7. The summed E-state index contributed by atoms with van der Waals surface area (Å²) in [6, 6.07) is 12.7. The molecule has 2 aromatic rings. The van der Waals surface area contributed by atoms with E-state index in [0.717, 1.165) is 11.3 Å². The summed E-state index contributed by atoms with van der Waals surface area (Å²) in [7, 11) is 0. The lowest BCUT2D eigenvalue weighted by Gasteiger charge is -2.09. The number of benzene rings is 2. The third-order valence-corrected chi connectivity index (χ3v) is 3.10. The molecule has 0 unspecified atom stereocenters. The number of aryl methyl sites for hydroxylation is 1. The Balaban J connectivity index is 2.17. The van der Waals surface area contributed by atoms with Crippen molar-refractivity contribution in [1.29, 1.82) is 0 Å². The topological polar surface area (TPSA) is 26.3 Å². The standard InChI is InChI=1S/C16H15ClO2/c1-3-15(18)12-4-7-14(8-5-12)19-16-9-6-13(17)10-11(16)2/h4-10H,3H2,1-2H3. The van der Waals surface area contributed by atoms with Gasteiger partial charge >= 0.3 is 0 Å². The van der Waals surface area contributed by atoms with Crippen LogP contribution in [0.25, 0.3) is 0 Å². The molecule has 98 valence electrons. The summed E-state index contributed by atoms with van der Waals surface area (Å²) >= 11 is 5.90. The molecule has 0 heterocycles. The Kier molecular flexibility index (Phi) is 4.23. The first kappa shape index (κ1) is 13.6. The zero-order chi connectivity index (χ0) is 13.8. The van der Waals surface area contributed by atoms with E-state index < -0.39 is 0 Å². The van der Waals surface area contributed by atoms with Crippen molar-refractivity contribution in [1.82, 2.24) is 0 Å². The van der Waals surface area contributed by atoms with Crippen LogP contribution in [0.2, 0.25) is 5.02 Å². The van der Waals surface area contributed by atoms with Gasteiger partial charge in [0, 0.05) is 17.0 Å². The Morgan fingerprint density at radius 3 is 2.42 bits per heavy atom. The number of hydrogen-bond donors (Lipinski definition) is 0. The van der Waals surface area contributed by atoms with Crippen LogP contribution < -0.4 is 4.74 Å². The highest BCUT2D eigenvalue weighted by Gasteiger charge is 2.05. The highest BCUT2D eigenvalue weighted by Crippen LogP contribution is 2.27. The van der Waals surface area contributed by atoms with Crippen molar-refractivity contribution in [2.24, 2.45) is 0 Å². The molecule has 2 rings (SSSR count). The van der Waals surface area contributed by atoms with Crippen molar-refractivity contribution in [3.8, 4) is 11.5 Å². The Morgan fingerprint density at radius 1 is 1.16 bits per heavy atom. The van der Waals surface area contributed by atoms with Crippen molar-refractivity contribution in [2.45, 2.75) is 20.3 Å². The number of rotatable bonds is 4. The third-order valence-electron chi connectivity index (χ3n) is 2.86. The van der Waals surface area contributed by atoms with Crippen LogP contribution in [0.3, 0.4) is 0 Å². The smallest absolute Gasteiger partial charge is 0.162 e. The molecule has 0 fully saturated rings. The molecule has 0 bridgehead atoms. The van der Waals surface area contributed by atoms with Crippen LogP contribution in [0, 0.1) is 6.92 Å². The molecule has 3 heteroatoms. The van der Waals surface area contributed by atoms with Gasteiger partial charge in [-0.25, -0.2) is 0 Å². The summed E-state index contributed by atoms with van der Waals surface area (Å²) in [6.45, 7) is 3.79. The lowest BCUT2D eigenvalue weighted by molar-refractivity contribution is 0.0988. The van der Waals surface area contributed by atoms with E-state index >= 15 is 0 Å². The van der Waals surface area contributed by atoms with E-state index in [2.05, 4.69) is 0 Å². The number of hydrogen-bond acceptors (Lipinski definition) is 2. The summed E-state index contributed by atoms with van der Waals surface area (Å²) in [5, 5.41) is 0.689. The molecule has 0 radical (unpaired) electrons. The van der Waals surface area contributed by atoms with E-state index in [1.807, 2.05) is 26.0 Å². The van der Waals surface area contributed by atoms with Crippen LogP contribution in [0.15, 0.2) is 42.5 Å². The second kappa shape index (κ2) is 5.89. The zero-order valence-electron chi connectivity index (χ0n) is 10.9. The minimum absolute atomic E-state index is 0.134. The van der Waals surface area contributed by atoms with Gasteiger partial charge in [0.2, 0.25) is 0 Å². The molecular formula is C16H15ClO2. The van der Waals surface area contributed by atoms with Gasteiger partial charge in [0.25, 0.3) is 0 Å². The Morgan fingerprint density at radius 2 is 1.84 bits per heavy atom. The fraction of sp³-hybridized carbons (Fsp3) is 0.188. The van der Waals surface area contributed by atoms with Crippen LogP contribution in [0.5, 0.6) is 11.5 Å². The molecule has 0 amide bonds. The Bertz CT molecular complexity index is 588. The van der Waals surface area contributed by atoms with Crippen LogP contribution in [0.1, 0.15) is 29.3 Å². The van der Waals surface area contributed by atoms with Gasteiger partial charge < -0.3 is 4.74 Å². The molecule has 19 heavy (non-hydrogen) atoms. The first-order valence-corrected chi connectivity index (χ1v) is 6.55. The average molecular weight is 275 g/mol. The van der Waals surface area contributed by atoms with Gasteiger partial charge in [-0.1, -0.05) is 18.5 Å². The fourth-order valence-electron chi connectivity index (χ4n) is 1.77. The number of carbonyl (C=O) groups is 1. The number of carbonyl (C=O) groups excluding carboxylic acids is 1. The summed E-state index contributed by atoms with van der Waals surface area (Å²) in [5.41, 5.74) is 1.68. The maximum absolute atomic E-state index is 11.5. The molecule has 2 nitrogen and oxygen atoms in total. The first-order valence-electron chi connectivity index (χ1n) is 6.17. The lowest BCUT2D eigenvalue weighted by Crippen LogP contribution is -1.96. The van der Waals surface area contributed by atoms with E-state index in [-0.39, 0.29) is 5.78 Å². The minimum atomic E-state index is 0.134. The normalized spacial score (nSPS) is 10.3. The molecule has 0 aliphatic rings. The average Bonchev–Trinajstić information content (AvgIpc) is 2.42. The number of halogens is 1. The SMILES string of the molecule is CCC(=O)c1ccc(Oc2ccc(Cl)cc2C)cc1. The molecule has 0 aliphatic carbocycles. The molecule has 0 aliphatic heterocycles. The number of Topliss-reactive ketones (excluding diaryl/α,β-unsaturated/α-hetero) is 1. The van der Waals surface area contributed by atoms with E-state index in [1.165, 1.54) is 0 Å². The van der Waals surface area contributed by atoms with Crippen LogP contribution in [-0.4, -0.2) is 5.78 Å². The predicted molar refractivity (Wildman–Crippen MR) is 77.3 cm³/mol. The molecule has 0 aromatic heterocycles. The Hall–Kier alpha value is -1.80. The third kappa shape index (κ3) is 3.36. The Labute approximate surface area is 118 Å². The van der Waals surface area contributed by atoms with Crippen LogP contribution >= 0.6 is 11.6 Å². The maximum Gasteiger partial charge on any atom is 0.162 e. The van der Waals surface area contributed by atoms with Crippen molar-refractivity contribution < 1.29 is 9.53 Å². The largest absolute Gasteiger partial charge is 0.457 e. The second-order valence-electron chi connectivity index (χ2n) is 4.31. The van der Waals surface area contributed by atoms with Crippen molar-refractivity contribution in [2.75, 3.05) is 0 Å². The van der Waals surface area contributed by atoms with Gasteiger partial charge in [0.15, 0.2) is 5.78 Å². The number of ether oxygens (including phenoxy) is 1. The van der Waals surface area contributed by atoms with Crippen molar-refractivity contribution in [3.05, 3.63) is 58.6 Å². The van der Waals surface area contributed by atoms with Crippen LogP contribution in [0.4, 0.5) is 0 Å². The second-order valence-corrected chi connectivity index (χ2v) is 4.75. The summed E-state index contributed by atoms with van der Waals surface area (Å²) < 4.78 is 5.76. The monoisotopic (exact) mass is 274 g/mol. The minimum Gasteiger partial charge on any atom is -0.457 e. The quantitative estimate of drug-likeness (QED) is 0.731. The van der Waals surface area contributed by atoms with Gasteiger partial charge in [-0.05, 0) is 55.0 Å². The highest BCUT2D eigenvalue weighted by molar-refractivity contribution is 6.30. The van der Waals surface area contributed by atoms with Crippen molar-refractivity contribution in [3.63, 3.8) is 0 Å². The first-order chi connectivity index (χ1) is 9.10. The van der Waals surface area contributed by atoms with E-state index in [9.17, 15) is 4.79 Å². The van der Waals surface area contributed by atoms with E-state index in [1.54, 1.807) is 30.3 Å². The van der Waals surface area contributed by atoms with Gasteiger partial charge in [-0.15, -0.1) is 0 Å². The van der Waals surface area contributed by atoms with Gasteiger partial charge in [0.1, 0.15) is 11.5 Å². The molecule has 0 spiro atoms. The van der Waals surface area contributed by atoms with Gasteiger partial charge in [0.05, 0.1) is 0 Å². The summed E-state index contributed by atoms with van der Waals surface area (Å²) in [4.78, 5) is 11.5. The van der Waals surface area contributed by atoms with Crippen molar-refractivity contribution >= 4 is 17.4 Å². The lowest BCUT2D eigenvalue weighted by atomic mass is 10.1. The van der Waals surface area contributed by atoms with E-state index in [0.29, 0.717) is 22.8 Å². The molecule has 0 saturated heterocycles. The highest BCUT2D eigenvalue weighted by atomic mass is 35.5. The molecular weight excluding hydrogens is 260 g/mol. The molecule has 0 saturated carbocycles. The number of ketones is 1.